The molecule has 2 rings (SSSR count). The lowest BCUT2D eigenvalue weighted by Gasteiger charge is -2.24. The zero-order chi connectivity index (χ0) is 23.1. The molecule has 0 unspecified atom stereocenters. The van der Waals surface area contributed by atoms with Crippen LogP contribution >= 0.6 is 0 Å². The highest BCUT2D eigenvalue weighted by atomic mass is 16.5. The zero-order valence-corrected chi connectivity index (χ0v) is 19.9. The zero-order valence-electron chi connectivity index (χ0n) is 19.9. The Labute approximate surface area is 179 Å². The topological polar surface area (TPSA) is 95.1 Å². The number of Topliss-reactive ketones (excluding diaryl/α,β-unsaturated/α-hetero) is 2. The lowest BCUT2D eigenvalue weighted by Crippen LogP contribution is -2.34. The van der Waals surface area contributed by atoms with E-state index in [1.165, 1.54) is 14.2 Å². The van der Waals surface area contributed by atoms with Crippen LogP contribution in [0.25, 0.3) is 0 Å². The molecule has 0 aromatic heterocycles. The number of ether oxygens (including phenoxy) is 4. The minimum atomic E-state index is -0.905. The Morgan fingerprint density at radius 3 is 1.17 bits per heavy atom. The SMILES string of the molecule is COC(NCCNC(OC)=C1C(=O)C(C)(C)OC1(C)C)=C1C(=O)C(C)(C)OC1(C)C. The molecule has 0 aromatic rings. The Bertz CT molecular complexity index is 723. The van der Waals surface area contributed by atoms with Crippen molar-refractivity contribution in [1.29, 1.82) is 0 Å². The van der Waals surface area contributed by atoms with Gasteiger partial charge >= 0.3 is 0 Å². The average molecular weight is 425 g/mol. The van der Waals surface area contributed by atoms with Crippen LogP contribution in [0.15, 0.2) is 22.9 Å². The minimum absolute atomic E-state index is 0.109. The molecule has 0 spiro atoms. The first-order chi connectivity index (χ1) is 13.6. The Morgan fingerprint density at radius 2 is 0.967 bits per heavy atom. The van der Waals surface area contributed by atoms with Gasteiger partial charge in [0.05, 0.1) is 36.6 Å². The van der Waals surface area contributed by atoms with E-state index in [1.54, 1.807) is 27.7 Å². The first-order valence-electron chi connectivity index (χ1n) is 10.2. The predicted octanol–water partition coefficient (Wildman–Crippen LogP) is 2.19. The van der Waals surface area contributed by atoms with Gasteiger partial charge in [0.15, 0.2) is 23.3 Å². The quantitative estimate of drug-likeness (QED) is 0.365. The van der Waals surface area contributed by atoms with Gasteiger partial charge in [-0.15, -0.1) is 0 Å². The van der Waals surface area contributed by atoms with Crippen LogP contribution in [0.5, 0.6) is 0 Å². The molecular formula is C22H36N2O6. The molecule has 30 heavy (non-hydrogen) atoms. The van der Waals surface area contributed by atoms with Gasteiger partial charge in [-0.2, -0.15) is 0 Å². The highest BCUT2D eigenvalue weighted by Gasteiger charge is 2.52. The molecule has 0 bridgehead atoms. The van der Waals surface area contributed by atoms with Crippen molar-refractivity contribution >= 4 is 11.6 Å². The molecule has 8 heteroatoms. The number of methoxy groups -OCH3 is 2. The summed E-state index contributed by atoms with van der Waals surface area (Å²) in [6.07, 6.45) is 0. The molecule has 0 aromatic carbocycles. The van der Waals surface area contributed by atoms with Crippen molar-refractivity contribution in [1.82, 2.24) is 10.6 Å². The summed E-state index contributed by atoms with van der Waals surface area (Å²) < 4.78 is 22.7. The maximum Gasteiger partial charge on any atom is 0.198 e. The van der Waals surface area contributed by atoms with Gasteiger partial charge in [0.2, 0.25) is 0 Å². The van der Waals surface area contributed by atoms with Crippen molar-refractivity contribution in [2.75, 3.05) is 27.3 Å². The van der Waals surface area contributed by atoms with Crippen molar-refractivity contribution in [3.05, 3.63) is 22.9 Å². The third-order valence-corrected chi connectivity index (χ3v) is 5.33. The minimum Gasteiger partial charge on any atom is -0.482 e. The fourth-order valence-corrected chi connectivity index (χ4v) is 4.25. The van der Waals surface area contributed by atoms with Crippen LogP contribution in [0.3, 0.4) is 0 Å². The molecule has 0 radical (unpaired) electrons. The van der Waals surface area contributed by atoms with E-state index in [2.05, 4.69) is 10.6 Å². The maximum absolute atomic E-state index is 12.8. The molecule has 2 fully saturated rings. The van der Waals surface area contributed by atoms with E-state index in [9.17, 15) is 9.59 Å². The van der Waals surface area contributed by atoms with Crippen molar-refractivity contribution in [3.63, 3.8) is 0 Å². The van der Waals surface area contributed by atoms with Crippen molar-refractivity contribution in [2.45, 2.75) is 77.8 Å². The molecule has 2 N–H and O–H groups in total. The summed E-state index contributed by atoms with van der Waals surface area (Å²) in [4.78, 5) is 25.6. The number of carbonyl (C=O) groups is 2. The molecular weight excluding hydrogens is 388 g/mol. The Kier molecular flexibility index (Phi) is 6.37. The van der Waals surface area contributed by atoms with Gasteiger partial charge in [0.25, 0.3) is 0 Å². The molecule has 0 saturated carbocycles. The summed E-state index contributed by atoms with van der Waals surface area (Å²) in [6, 6.07) is 0. The number of hydrogen-bond acceptors (Lipinski definition) is 8. The van der Waals surface area contributed by atoms with E-state index in [1.807, 2.05) is 27.7 Å². The summed E-state index contributed by atoms with van der Waals surface area (Å²) in [7, 11) is 3.03. The van der Waals surface area contributed by atoms with Crippen LogP contribution in [-0.4, -0.2) is 61.3 Å². The third-order valence-electron chi connectivity index (χ3n) is 5.33. The molecule has 170 valence electrons. The van der Waals surface area contributed by atoms with Crippen LogP contribution in [0.2, 0.25) is 0 Å². The first kappa shape index (κ1) is 24.2. The third kappa shape index (κ3) is 4.34. The van der Waals surface area contributed by atoms with Crippen LogP contribution in [0.1, 0.15) is 55.4 Å². The average Bonchev–Trinajstić information content (AvgIpc) is 2.86. The standard InChI is InChI=1S/C22H36N2O6/c1-19(2)13(15(25)21(5,6)29-19)17(27-9)23-11-12-24-18(28-10)14-16(26)22(7,8)30-20(14,3)4/h23-24H,11-12H2,1-10H3. The van der Waals surface area contributed by atoms with E-state index >= 15 is 0 Å². The number of ketones is 2. The Hall–Kier alpha value is -2.06. The van der Waals surface area contributed by atoms with Crippen molar-refractivity contribution in [2.24, 2.45) is 0 Å². The van der Waals surface area contributed by atoms with E-state index in [0.29, 0.717) is 36.0 Å². The Morgan fingerprint density at radius 1 is 0.667 bits per heavy atom. The molecule has 0 amide bonds. The second kappa shape index (κ2) is 7.89. The first-order valence-corrected chi connectivity index (χ1v) is 10.2. The van der Waals surface area contributed by atoms with Gasteiger partial charge in [-0.25, -0.2) is 0 Å². The molecule has 2 aliphatic rings. The molecule has 2 heterocycles. The molecule has 0 aliphatic carbocycles. The second-order valence-electron chi connectivity index (χ2n) is 9.57. The van der Waals surface area contributed by atoms with Gasteiger partial charge in [-0.1, -0.05) is 0 Å². The number of carbonyl (C=O) groups excluding carboxylic acids is 2. The van der Waals surface area contributed by atoms with Crippen LogP contribution < -0.4 is 10.6 Å². The predicted molar refractivity (Wildman–Crippen MR) is 113 cm³/mol. The highest BCUT2D eigenvalue weighted by Crippen LogP contribution is 2.41. The van der Waals surface area contributed by atoms with Crippen molar-refractivity contribution in [3.8, 4) is 0 Å². The second-order valence-corrected chi connectivity index (χ2v) is 9.57. The fourth-order valence-electron chi connectivity index (χ4n) is 4.25. The van der Waals surface area contributed by atoms with Gasteiger partial charge in [-0.05, 0) is 55.4 Å². The number of rotatable bonds is 7. The number of nitrogens with one attached hydrogen (secondary N) is 2. The summed E-state index contributed by atoms with van der Waals surface area (Å²) in [5.74, 6) is 0.542. The maximum atomic E-state index is 12.8. The molecule has 0 atom stereocenters. The van der Waals surface area contributed by atoms with Gasteiger partial charge in [-0.3, -0.25) is 9.59 Å². The lowest BCUT2D eigenvalue weighted by atomic mass is 9.92. The molecule has 2 aliphatic heterocycles. The lowest BCUT2D eigenvalue weighted by molar-refractivity contribution is -0.132. The van der Waals surface area contributed by atoms with E-state index < -0.39 is 22.4 Å². The smallest absolute Gasteiger partial charge is 0.198 e. The van der Waals surface area contributed by atoms with Crippen LogP contribution in [-0.2, 0) is 28.5 Å². The van der Waals surface area contributed by atoms with E-state index in [0.717, 1.165) is 0 Å². The summed E-state index contributed by atoms with van der Waals surface area (Å²) in [5.41, 5.74) is -2.40. The van der Waals surface area contributed by atoms with Crippen molar-refractivity contribution < 1.29 is 28.5 Å². The number of hydrogen-bond donors (Lipinski definition) is 2. The van der Waals surface area contributed by atoms with Crippen LogP contribution in [0, 0.1) is 0 Å². The Balaban J connectivity index is 2.15. The summed E-state index contributed by atoms with van der Waals surface area (Å²) in [5, 5.41) is 6.31. The van der Waals surface area contributed by atoms with Gasteiger partial charge in [0.1, 0.15) is 11.2 Å². The van der Waals surface area contributed by atoms with Crippen LogP contribution in [0.4, 0.5) is 0 Å². The van der Waals surface area contributed by atoms with E-state index in [4.69, 9.17) is 18.9 Å². The van der Waals surface area contributed by atoms with Gasteiger partial charge < -0.3 is 29.6 Å². The fraction of sp³-hybridized carbons (Fsp3) is 0.727. The summed E-state index contributed by atoms with van der Waals surface area (Å²) in [6.45, 7) is 15.2. The highest BCUT2D eigenvalue weighted by molar-refractivity contribution is 6.06. The molecule has 2 saturated heterocycles. The molecule has 8 nitrogen and oxygen atoms in total. The normalized spacial score (nSPS) is 27.0. The largest absolute Gasteiger partial charge is 0.482 e. The summed E-state index contributed by atoms with van der Waals surface area (Å²) >= 11 is 0. The van der Waals surface area contributed by atoms with Gasteiger partial charge in [0, 0.05) is 13.1 Å². The van der Waals surface area contributed by atoms with E-state index in [-0.39, 0.29) is 11.6 Å². The monoisotopic (exact) mass is 424 g/mol.